The average Bonchev–Trinajstić information content (AvgIpc) is 2.28. The average molecular weight is 238 g/mol. The van der Waals surface area contributed by atoms with Crippen molar-refractivity contribution in [3.05, 3.63) is 11.9 Å². The van der Waals surface area contributed by atoms with Crippen LogP contribution in [0.5, 0.6) is 0 Å². The van der Waals surface area contributed by atoms with Gasteiger partial charge in [0.25, 0.3) is 0 Å². The van der Waals surface area contributed by atoms with Crippen LogP contribution in [0, 0.1) is 0 Å². The highest BCUT2D eigenvalue weighted by Crippen LogP contribution is 2.18. The predicted octanol–water partition coefficient (Wildman–Crippen LogP) is 1.58. The molecule has 4 N–H and O–H groups in total. The van der Waals surface area contributed by atoms with Crippen molar-refractivity contribution in [2.75, 3.05) is 17.6 Å². The SMILES string of the molecule is CCCc1c(N)ncnc1NCCCC(C)O. The van der Waals surface area contributed by atoms with E-state index in [2.05, 4.69) is 22.2 Å². The lowest BCUT2D eigenvalue weighted by atomic mass is 10.1. The van der Waals surface area contributed by atoms with Gasteiger partial charge in [0.1, 0.15) is 18.0 Å². The number of rotatable bonds is 7. The number of aliphatic hydroxyl groups is 1. The summed E-state index contributed by atoms with van der Waals surface area (Å²) in [5.41, 5.74) is 6.82. The molecule has 0 aromatic carbocycles. The minimum absolute atomic E-state index is 0.248. The van der Waals surface area contributed by atoms with E-state index < -0.39 is 0 Å². The van der Waals surface area contributed by atoms with E-state index in [0.717, 1.165) is 43.6 Å². The van der Waals surface area contributed by atoms with Crippen molar-refractivity contribution in [1.82, 2.24) is 9.97 Å². The Bertz CT molecular complexity index is 341. The Morgan fingerprint density at radius 3 is 2.88 bits per heavy atom. The molecule has 5 nitrogen and oxygen atoms in total. The normalized spacial score (nSPS) is 12.4. The fraction of sp³-hybridized carbons (Fsp3) is 0.667. The quantitative estimate of drug-likeness (QED) is 0.628. The summed E-state index contributed by atoms with van der Waals surface area (Å²) >= 11 is 0. The van der Waals surface area contributed by atoms with Gasteiger partial charge in [0.05, 0.1) is 6.10 Å². The molecule has 5 heteroatoms. The first kappa shape index (κ1) is 13.7. The molecule has 1 rings (SSSR count). The number of nitrogens with one attached hydrogen (secondary N) is 1. The van der Waals surface area contributed by atoms with E-state index in [1.807, 2.05) is 0 Å². The summed E-state index contributed by atoms with van der Waals surface area (Å²) in [7, 11) is 0. The molecule has 1 heterocycles. The van der Waals surface area contributed by atoms with Crippen LogP contribution >= 0.6 is 0 Å². The van der Waals surface area contributed by atoms with Crippen LogP contribution < -0.4 is 11.1 Å². The Balaban J connectivity index is 2.54. The van der Waals surface area contributed by atoms with Crippen LogP contribution in [0.1, 0.15) is 38.7 Å². The van der Waals surface area contributed by atoms with Gasteiger partial charge in [-0.2, -0.15) is 0 Å². The molecular formula is C12H22N4O. The number of nitrogens with zero attached hydrogens (tertiary/aromatic N) is 2. The van der Waals surface area contributed by atoms with Crippen molar-refractivity contribution >= 4 is 11.6 Å². The van der Waals surface area contributed by atoms with Gasteiger partial charge >= 0.3 is 0 Å². The van der Waals surface area contributed by atoms with Crippen molar-refractivity contribution in [3.8, 4) is 0 Å². The third-order valence-corrected chi connectivity index (χ3v) is 2.57. The lowest BCUT2D eigenvalue weighted by molar-refractivity contribution is 0.183. The molecule has 0 saturated carbocycles. The third kappa shape index (κ3) is 4.56. The van der Waals surface area contributed by atoms with Crippen molar-refractivity contribution in [2.45, 2.75) is 45.6 Å². The molecular weight excluding hydrogens is 216 g/mol. The van der Waals surface area contributed by atoms with E-state index >= 15 is 0 Å². The first-order valence-corrected chi connectivity index (χ1v) is 6.16. The second-order valence-corrected chi connectivity index (χ2v) is 4.25. The Hall–Kier alpha value is -1.36. The van der Waals surface area contributed by atoms with Gasteiger partial charge in [0, 0.05) is 12.1 Å². The molecule has 0 radical (unpaired) electrons. The second kappa shape index (κ2) is 7.06. The first-order valence-electron chi connectivity index (χ1n) is 6.16. The number of hydrogen-bond donors (Lipinski definition) is 3. The van der Waals surface area contributed by atoms with E-state index in [1.54, 1.807) is 6.92 Å². The molecule has 1 aromatic heterocycles. The molecule has 0 amide bonds. The molecule has 0 fully saturated rings. The summed E-state index contributed by atoms with van der Waals surface area (Å²) < 4.78 is 0. The molecule has 0 spiro atoms. The smallest absolute Gasteiger partial charge is 0.134 e. The Labute approximate surface area is 102 Å². The van der Waals surface area contributed by atoms with Crippen LogP contribution in [0.25, 0.3) is 0 Å². The topological polar surface area (TPSA) is 84.1 Å². The molecule has 17 heavy (non-hydrogen) atoms. The van der Waals surface area contributed by atoms with Gasteiger partial charge in [-0.15, -0.1) is 0 Å². The molecule has 0 aliphatic heterocycles. The van der Waals surface area contributed by atoms with Crippen molar-refractivity contribution < 1.29 is 5.11 Å². The lowest BCUT2D eigenvalue weighted by Crippen LogP contribution is -2.11. The van der Waals surface area contributed by atoms with Crippen LogP contribution in [-0.4, -0.2) is 27.7 Å². The molecule has 0 bridgehead atoms. The lowest BCUT2D eigenvalue weighted by Gasteiger charge is -2.12. The maximum atomic E-state index is 9.16. The van der Waals surface area contributed by atoms with Gasteiger partial charge in [-0.25, -0.2) is 9.97 Å². The van der Waals surface area contributed by atoms with Crippen LogP contribution in [0.3, 0.4) is 0 Å². The highest BCUT2D eigenvalue weighted by molar-refractivity contribution is 5.54. The summed E-state index contributed by atoms with van der Waals surface area (Å²) in [4.78, 5) is 8.21. The maximum Gasteiger partial charge on any atom is 0.134 e. The Morgan fingerprint density at radius 1 is 1.47 bits per heavy atom. The highest BCUT2D eigenvalue weighted by atomic mass is 16.3. The molecule has 96 valence electrons. The standard InChI is InChI=1S/C12H22N4O/c1-3-5-10-11(13)15-8-16-12(10)14-7-4-6-9(2)17/h8-9,17H,3-7H2,1-2H3,(H3,13,14,15,16). The Kier molecular flexibility index (Phi) is 5.69. The van der Waals surface area contributed by atoms with Gasteiger partial charge in [-0.05, 0) is 26.2 Å². The highest BCUT2D eigenvalue weighted by Gasteiger charge is 2.07. The van der Waals surface area contributed by atoms with E-state index in [4.69, 9.17) is 10.8 Å². The first-order chi connectivity index (χ1) is 8.15. The number of anilines is 2. The van der Waals surface area contributed by atoms with Crippen LogP contribution in [0.4, 0.5) is 11.6 Å². The van der Waals surface area contributed by atoms with Crippen LogP contribution in [0.2, 0.25) is 0 Å². The fourth-order valence-corrected chi connectivity index (χ4v) is 1.68. The van der Waals surface area contributed by atoms with Crippen LogP contribution in [0.15, 0.2) is 6.33 Å². The summed E-state index contributed by atoms with van der Waals surface area (Å²) in [6.07, 6.45) is 4.82. The maximum absolute atomic E-state index is 9.16. The van der Waals surface area contributed by atoms with Gasteiger partial charge in [-0.3, -0.25) is 0 Å². The van der Waals surface area contributed by atoms with Crippen molar-refractivity contribution in [1.29, 1.82) is 0 Å². The molecule has 0 aliphatic rings. The van der Waals surface area contributed by atoms with Crippen molar-refractivity contribution in [2.24, 2.45) is 0 Å². The minimum Gasteiger partial charge on any atom is -0.393 e. The molecule has 1 atom stereocenters. The fourth-order valence-electron chi connectivity index (χ4n) is 1.68. The molecule has 1 unspecified atom stereocenters. The largest absolute Gasteiger partial charge is 0.393 e. The van der Waals surface area contributed by atoms with Gasteiger partial charge in [0.2, 0.25) is 0 Å². The minimum atomic E-state index is -0.248. The van der Waals surface area contributed by atoms with Crippen LogP contribution in [-0.2, 0) is 6.42 Å². The van der Waals surface area contributed by atoms with Gasteiger partial charge in [0.15, 0.2) is 0 Å². The molecule has 0 saturated heterocycles. The zero-order valence-electron chi connectivity index (χ0n) is 10.6. The number of aliphatic hydroxyl groups excluding tert-OH is 1. The summed E-state index contributed by atoms with van der Waals surface area (Å²) in [6, 6.07) is 0. The predicted molar refractivity (Wildman–Crippen MR) is 69.8 cm³/mol. The number of nitrogens with two attached hydrogens (primary N) is 1. The molecule has 1 aromatic rings. The van der Waals surface area contributed by atoms with E-state index in [-0.39, 0.29) is 6.10 Å². The Morgan fingerprint density at radius 2 is 2.24 bits per heavy atom. The number of nitrogen functional groups attached to an aromatic ring is 1. The monoisotopic (exact) mass is 238 g/mol. The zero-order chi connectivity index (χ0) is 12.7. The van der Waals surface area contributed by atoms with E-state index in [9.17, 15) is 0 Å². The second-order valence-electron chi connectivity index (χ2n) is 4.25. The van der Waals surface area contributed by atoms with E-state index in [1.165, 1.54) is 6.33 Å². The molecule has 0 aliphatic carbocycles. The zero-order valence-corrected chi connectivity index (χ0v) is 10.6. The van der Waals surface area contributed by atoms with Gasteiger partial charge < -0.3 is 16.2 Å². The summed E-state index contributed by atoms with van der Waals surface area (Å²) in [5.74, 6) is 1.38. The number of hydrogen-bond acceptors (Lipinski definition) is 5. The summed E-state index contributed by atoms with van der Waals surface area (Å²) in [6.45, 7) is 4.69. The third-order valence-electron chi connectivity index (χ3n) is 2.57. The van der Waals surface area contributed by atoms with Gasteiger partial charge in [-0.1, -0.05) is 13.3 Å². The summed E-state index contributed by atoms with van der Waals surface area (Å²) in [5, 5.41) is 12.4. The van der Waals surface area contributed by atoms with Crippen molar-refractivity contribution in [3.63, 3.8) is 0 Å². The number of aromatic nitrogens is 2. The van der Waals surface area contributed by atoms with E-state index in [0.29, 0.717) is 5.82 Å².